The Labute approximate surface area is 255 Å². The van der Waals surface area contributed by atoms with Crippen LogP contribution in [0.3, 0.4) is 0 Å². The summed E-state index contributed by atoms with van der Waals surface area (Å²) in [5, 5.41) is 13.6. The van der Waals surface area contributed by atoms with Gasteiger partial charge in [-0.25, -0.2) is 18.5 Å². The maximum atomic E-state index is 13.6. The van der Waals surface area contributed by atoms with Gasteiger partial charge in [0.15, 0.2) is 11.7 Å². The van der Waals surface area contributed by atoms with E-state index < -0.39 is 28.1 Å². The van der Waals surface area contributed by atoms with E-state index in [1.165, 1.54) is 43.0 Å². The van der Waals surface area contributed by atoms with E-state index in [9.17, 15) is 26.0 Å². The lowest BCUT2D eigenvalue weighted by molar-refractivity contribution is -0.274. The van der Waals surface area contributed by atoms with Crippen LogP contribution in [0.4, 0.5) is 17.6 Å². The van der Waals surface area contributed by atoms with Crippen molar-refractivity contribution in [3.63, 3.8) is 0 Å². The largest absolute Gasteiger partial charge is 0.573 e. The van der Waals surface area contributed by atoms with Crippen LogP contribution < -0.4 is 14.6 Å². The first-order chi connectivity index (χ1) is 20.9. The second kappa shape index (κ2) is 12.5. The number of benzene rings is 3. The van der Waals surface area contributed by atoms with Crippen LogP contribution in [0, 0.1) is 5.95 Å². The number of aromatic nitrogens is 5. The lowest BCUT2D eigenvalue weighted by Gasteiger charge is -2.15. The van der Waals surface area contributed by atoms with Gasteiger partial charge >= 0.3 is 6.36 Å². The predicted octanol–water partition coefficient (Wildman–Crippen LogP) is 6.96. The number of halogens is 5. The third kappa shape index (κ3) is 7.28. The molecular formula is C27H17ClF4N6O4S2. The van der Waals surface area contributed by atoms with Crippen LogP contribution in [0.25, 0.3) is 32.6 Å². The van der Waals surface area contributed by atoms with Gasteiger partial charge in [-0.1, -0.05) is 29.8 Å². The highest BCUT2D eigenvalue weighted by atomic mass is 35.5. The molecule has 0 radical (unpaired) electrons. The SMILES string of the molecule is Fc1cc2c(Oc3ccc(OC(F)(F)F)cc3-c3ccnnc3)c(Cl)ccc2[nH]1.NS(=O)(=O)c1ccccc1-c1ncns1. The number of hydrogen-bond acceptors (Lipinski definition) is 9. The minimum Gasteiger partial charge on any atom is -0.454 e. The first-order valence-corrected chi connectivity index (χ1v) is 14.8. The molecule has 0 aliphatic carbocycles. The minimum atomic E-state index is -4.85. The van der Waals surface area contributed by atoms with E-state index in [4.69, 9.17) is 21.5 Å². The summed E-state index contributed by atoms with van der Waals surface area (Å²) in [6.45, 7) is 0. The average molecular weight is 665 g/mol. The van der Waals surface area contributed by atoms with Gasteiger partial charge in [-0.15, -0.1) is 13.2 Å². The standard InChI is InChI=1S/C19H10ClF4N3O2.C8H7N3O2S2/c20-14-2-3-15-13(8-17(21)27-15)18(14)28-16-4-1-11(29-19(22,23)24)7-12(16)10-5-6-25-26-9-10;9-15(12,13)7-4-2-1-3-6(7)8-10-5-11-14-8/h1-9,27H;1-5H,(H2,9,12,13). The molecular weight excluding hydrogens is 648 g/mol. The molecule has 6 rings (SSSR count). The van der Waals surface area contributed by atoms with Crippen LogP contribution in [-0.4, -0.2) is 39.3 Å². The van der Waals surface area contributed by atoms with Gasteiger partial charge in [0.2, 0.25) is 10.0 Å². The summed E-state index contributed by atoms with van der Waals surface area (Å²) in [5.74, 6) is -0.700. The van der Waals surface area contributed by atoms with Crippen molar-refractivity contribution >= 4 is 44.1 Å². The highest BCUT2D eigenvalue weighted by Crippen LogP contribution is 2.42. The molecule has 3 aromatic carbocycles. The summed E-state index contributed by atoms with van der Waals surface area (Å²) in [5.41, 5.74) is 1.63. The van der Waals surface area contributed by atoms with Crippen molar-refractivity contribution in [2.24, 2.45) is 5.14 Å². The van der Waals surface area contributed by atoms with E-state index in [0.29, 0.717) is 27.0 Å². The highest BCUT2D eigenvalue weighted by Gasteiger charge is 2.31. The van der Waals surface area contributed by atoms with Crippen LogP contribution >= 0.6 is 23.1 Å². The normalized spacial score (nSPS) is 11.6. The van der Waals surface area contributed by atoms with E-state index in [-0.39, 0.29) is 27.0 Å². The second-order valence-electron chi connectivity index (χ2n) is 8.68. The van der Waals surface area contributed by atoms with E-state index in [0.717, 1.165) is 23.7 Å². The third-order valence-corrected chi connectivity index (χ3v) is 7.71. The van der Waals surface area contributed by atoms with Crippen molar-refractivity contribution in [2.75, 3.05) is 0 Å². The molecule has 0 amide bonds. The maximum absolute atomic E-state index is 13.6. The van der Waals surface area contributed by atoms with Crippen molar-refractivity contribution < 1.29 is 35.5 Å². The van der Waals surface area contributed by atoms with Crippen LogP contribution in [0.5, 0.6) is 17.2 Å². The molecule has 0 aliphatic rings. The Bertz CT molecular complexity index is 2030. The molecule has 0 fully saturated rings. The Kier molecular flexibility index (Phi) is 8.78. The summed E-state index contributed by atoms with van der Waals surface area (Å²) >= 11 is 7.35. The summed E-state index contributed by atoms with van der Waals surface area (Å²) in [6.07, 6.45) is -0.739. The number of nitrogens with one attached hydrogen (secondary N) is 1. The molecule has 6 aromatic rings. The number of ether oxygens (including phenoxy) is 2. The first-order valence-electron chi connectivity index (χ1n) is 12.1. The number of alkyl halides is 3. The van der Waals surface area contributed by atoms with Crippen molar-refractivity contribution in [1.29, 1.82) is 0 Å². The van der Waals surface area contributed by atoms with Crippen molar-refractivity contribution in [3.8, 4) is 38.9 Å². The molecule has 3 N–H and O–H groups in total. The lowest BCUT2D eigenvalue weighted by atomic mass is 10.1. The number of hydrogen-bond donors (Lipinski definition) is 2. The fraction of sp³-hybridized carbons (Fsp3) is 0.0370. The molecule has 0 saturated heterocycles. The van der Waals surface area contributed by atoms with E-state index in [1.54, 1.807) is 30.3 Å². The van der Waals surface area contributed by atoms with E-state index in [1.807, 2.05) is 0 Å². The Balaban J connectivity index is 0.000000215. The van der Waals surface area contributed by atoms with Gasteiger partial charge in [-0.2, -0.15) is 19.0 Å². The van der Waals surface area contributed by atoms with Crippen LogP contribution in [0.1, 0.15) is 0 Å². The topological polar surface area (TPSA) is 146 Å². The van der Waals surface area contributed by atoms with Crippen molar-refractivity contribution in [3.05, 3.63) is 96.4 Å². The average Bonchev–Trinajstić information content (AvgIpc) is 3.65. The van der Waals surface area contributed by atoms with Gasteiger partial charge in [-0.05, 0) is 54.0 Å². The zero-order valence-electron chi connectivity index (χ0n) is 21.8. The van der Waals surface area contributed by atoms with Gasteiger partial charge in [0, 0.05) is 28.1 Å². The number of fused-ring (bicyclic) bond motifs is 1. The quantitative estimate of drug-likeness (QED) is 0.182. The monoisotopic (exact) mass is 664 g/mol. The fourth-order valence-electron chi connectivity index (χ4n) is 3.98. The molecule has 0 bridgehead atoms. The molecule has 0 saturated carbocycles. The van der Waals surface area contributed by atoms with Crippen LogP contribution in [0.15, 0.2) is 90.3 Å². The van der Waals surface area contributed by atoms with Crippen LogP contribution in [-0.2, 0) is 10.0 Å². The van der Waals surface area contributed by atoms with E-state index >= 15 is 0 Å². The fourth-order valence-corrected chi connectivity index (χ4v) is 5.56. The highest BCUT2D eigenvalue weighted by molar-refractivity contribution is 7.89. The molecule has 226 valence electrons. The zero-order chi connectivity index (χ0) is 31.5. The number of nitrogens with two attached hydrogens (primary N) is 1. The molecule has 3 heterocycles. The van der Waals surface area contributed by atoms with E-state index in [2.05, 4.69) is 29.3 Å². The lowest BCUT2D eigenvalue weighted by Crippen LogP contribution is -2.17. The summed E-state index contributed by atoms with van der Waals surface area (Å²) < 4.78 is 87.8. The first kappa shape index (κ1) is 30.8. The molecule has 0 atom stereocenters. The summed E-state index contributed by atoms with van der Waals surface area (Å²) in [7, 11) is -3.72. The molecule has 0 unspecified atom stereocenters. The Morgan fingerprint density at radius 2 is 1.77 bits per heavy atom. The molecule has 44 heavy (non-hydrogen) atoms. The number of rotatable bonds is 6. The number of aromatic amines is 1. The van der Waals surface area contributed by atoms with Crippen molar-refractivity contribution in [1.82, 2.24) is 24.5 Å². The predicted molar refractivity (Wildman–Crippen MR) is 154 cm³/mol. The maximum Gasteiger partial charge on any atom is 0.573 e. The molecule has 0 aliphatic heterocycles. The number of nitrogens with zero attached hydrogens (tertiary/aromatic N) is 4. The summed E-state index contributed by atoms with van der Waals surface area (Å²) in [4.78, 5) is 6.54. The molecule has 10 nitrogen and oxygen atoms in total. The van der Waals surface area contributed by atoms with Gasteiger partial charge < -0.3 is 14.5 Å². The van der Waals surface area contributed by atoms with Gasteiger partial charge in [-0.3, -0.25) is 0 Å². The molecule has 0 spiro atoms. The van der Waals surface area contributed by atoms with Crippen LogP contribution in [0.2, 0.25) is 5.02 Å². The number of primary sulfonamides is 1. The van der Waals surface area contributed by atoms with Gasteiger partial charge in [0.05, 0.1) is 27.8 Å². The molecule has 17 heteroatoms. The van der Waals surface area contributed by atoms with Gasteiger partial charge in [0.25, 0.3) is 0 Å². The Morgan fingerprint density at radius 1 is 0.977 bits per heavy atom. The molecule has 3 aromatic heterocycles. The third-order valence-electron chi connectivity index (χ3n) is 5.75. The Morgan fingerprint density at radius 3 is 2.45 bits per heavy atom. The van der Waals surface area contributed by atoms with Gasteiger partial charge in [0.1, 0.15) is 22.8 Å². The number of H-pyrrole nitrogens is 1. The second-order valence-corrected chi connectivity index (χ2v) is 11.4. The Hall–Kier alpha value is -4.64. The summed E-state index contributed by atoms with van der Waals surface area (Å²) in [6, 6.07) is 15.9. The number of sulfonamides is 1. The smallest absolute Gasteiger partial charge is 0.454 e. The van der Waals surface area contributed by atoms with Crippen molar-refractivity contribution in [2.45, 2.75) is 11.3 Å². The zero-order valence-corrected chi connectivity index (χ0v) is 24.2. The minimum absolute atomic E-state index is 0.0711.